The van der Waals surface area contributed by atoms with Crippen LogP contribution in [0.4, 0.5) is 5.69 Å². The van der Waals surface area contributed by atoms with E-state index in [9.17, 15) is 18.0 Å². The maximum Gasteiger partial charge on any atom is 0.312 e. The second-order valence-corrected chi connectivity index (χ2v) is 6.39. The number of amides is 2. The summed E-state index contributed by atoms with van der Waals surface area (Å²) < 4.78 is 26.8. The van der Waals surface area contributed by atoms with Crippen molar-refractivity contribution < 1.29 is 21.7 Å². The van der Waals surface area contributed by atoms with Gasteiger partial charge >= 0.3 is 10.1 Å². The van der Waals surface area contributed by atoms with E-state index in [4.69, 9.17) is 11.9 Å². The number of hydrogen-bond acceptors (Lipinski definition) is 5. The first-order valence-electron chi connectivity index (χ1n) is 6.09. The van der Waals surface area contributed by atoms with Crippen molar-refractivity contribution in [3.8, 4) is 0 Å². The fourth-order valence-corrected chi connectivity index (χ4v) is 2.98. The number of fused-ring (bicyclic) bond motifs is 1. The van der Waals surface area contributed by atoms with Gasteiger partial charge in [0.25, 0.3) is 11.8 Å². The summed E-state index contributed by atoms with van der Waals surface area (Å²) in [7, 11) is -4.04. The van der Waals surface area contributed by atoms with Crippen molar-refractivity contribution in [2.45, 2.75) is 4.90 Å². The van der Waals surface area contributed by atoms with Gasteiger partial charge in [0.1, 0.15) is 0 Å². The number of rotatable bonds is 3. The Labute approximate surface area is 131 Å². The Morgan fingerprint density at radius 3 is 1.82 bits per heavy atom. The van der Waals surface area contributed by atoms with Crippen LogP contribution in [0.5, 0.6) is 0 Å². The summed E-state index contributed by atoms with van der Waals surface area (Å²) >= 11 is 4.90. The maximum atomic E-state index is 12.3. The molecule has 0 saturated carbocycles. The standard InChI is InChI=1S/C14H8ClNO5S/c15-21-22(19,20)10-7-5-9(6-8-10)16-13(17)11-3-1-2-4-12(11)14(16)18/h1-8H. The van der Waals surface area contributed by atoms with Gasteiger partial charge in [0.15, 0.2) is 0 Å². The molecule has 0 fully saturated rings. The molecule has 22 heavy (non-hydrogen) atoms. The summed E-state index contributed by atoms with van der Waals surface area (Å²) in [6.45, 7) is 0. The minimum absolute atomic E-state index is 0.178. The van der Waals surface area contributed by atoms with Gasteiger partial charge in [-0.15, -0.1) is 0 Å². The zero-order valence-corrected chi connectivity index (χ0v) is 12.5. The number of nitrogens with zero attached hydrogens (tertiary/aromatic N) is 1. The smallest absolute Gasteiger partial charge is 0.268 e. The first-order valence-corrected chi connectivity index (χ1v) is 7.80. The van der Waals surface area contributed by atoms with E-state index in [1.807, 2.05) is 0 Å². The lowest BCUT2D eigenvalue weighted by Crippen LogP contribution is -2.29. The number of anilines is 1. The molecule has 0 atom stereocenters. The van der Waals surface area contributed by atoms with Crippen molar-refractivity contribution in [1.82, 2.24) is 0 Å². The minimum Gasteiger partial charge on any atom is -0.268 e. The number of imide groups is 1. The fraction of sp³-hybridized carbons (Fsp3) is 0. The van der Waals surface area contributed by atoms with E-state index in [2.05, 4.69) is 3.74 Å². The number of halogens is 1. The molecule has 8 heteroatoms. The summed E-state index contributed by atoms with van der Waals surface area (Å²) in [5.41, 5.74) is 0.890. The molecule has 0 radical (unpaired) electrons. The highest BCUT2D eigenvalue weighted by Gasteiger charge is 2.36. The van der Waals surface area contributed by atoms with Gasteiger partial charge in [-0.3, -0.25) is 9.59 Å². The second kappa shape index (κ2) is 5.20. The van der Waals surface area contributed by atoms with Crippen molar-refractivity contribution in [3.63, 3.8) is 0 Å². The molecule has 0 bridgehead atoms. The van der Waals surface area contributed by atoms with Gasteiger partial charge in [-0.25, -0.2) is 4.90 Å². The number of carbonyl (C=O) groups excluding carboxylic acids is 2. The Kier molecular flexibility index (Phi) is 3.48. The number of hydrogen-bond donors (Lipinski definition) is 0. The number of benzene rings is 2. The predicted molar refractivity (Wildman–Crippen MR) is 78.1 cm³/mol. The van der Waals surface area contributed by atoms with Crippen LogP contribution in [0, 0.1) is 0 Å². The van der Waals surface area contributed by atoms with E-state index in [1.165, 1.54) is 24.3 Å². The molecule has 112 valence electrons. The highest BCUT2D eigenvalue weighted by atomic mass is 35.5. The molecule has 0 unspecified atom stereocenters. The molecule has 1 aliphatic rings. The summed E-state index contributed by atoms with van der Waals surface area (Å²) in [5.74, 6) is -0.908. The molecule has 1 heterocycles. The van der Waals surface area contributed by atoms with Gasteiger partial charge in [-0.05, 0) is 36.4 Å². The SMILES string of the molecule is O=C1c2ccccc2C(=O)N1c1ccc(S(=O)(=O)OCl)cc1. The third-order valence-electron chi connectivity index (χ3n) is 3.26. The lowest BCUT2D eigenvalue weighted by atomic mass is 10.1. The van der Waals surface area contributed by atoms with Gasteiger partial charge in [0.2, 0.25) is 0 Å². The molecule has 0 spiro atoms. The Bertz CT molecular complexity index is 841. The summed E-state index contributed by atoms with van der Waals surface area (Å²) in [6.07, 6.45) is 0. The van der Waals surface area contributed by atoms with Crippen LogP contribution in [0.25, 0.3) is 0 Å². The van der Waals surface area contributed by atoms with Crippen LogP contribution in [0.2, 0.25) is 0 Å². The topological polar surface area (TPSA) is 80.8 Å². The molecule has 2 aromatic rings. The van der Waals surface area contributed by atoms with Crippen molar-refractivity contribution in [1.29, 1.82) is 0 Å². The van der Waals surface area contributed by atoms with E-state index in [1.54, 1.807) is 24.3 Å². The number of carbonyl (C=O) groups is 2. The molecular weight excluding hydrogens is 330 g/mol. The van der Waals surface area contributed by atoms with Crippen molar-refractivity contribution in [2.24, 2.45) is 0 Å². The van der Waals surface area contributed by atoms with Crippen LogP contribution in [0.15, 0.2) is 53.4 Å². The van der Waals surface area contributed by atoms with E-state index < -0.39 is 21.9 Å². The first kappa shape index (κ1) is 14.7. The molecule has 1 aliphatic heterocycles. The quantitative estimate of drug-likeness (QED) is 0.803. The van der Waals surface area contributed by atoms with Crippen LogP contribution in [-0.2, 0) is 13.9 Å². The van der Waals surface area contributed by atoms with E-state index in [0.717, 1.165) is 4.90 Å². The van der Waals surface area contributed by atoms with Crippen LogP contribution in [0.1, 0.15) is 20.7 Å². The highest BCUT2D eigenvalue weighted by Crippen LogP contribution is 2.29. The zero-order chi connectivity index (χ0) is 15.9. The van der Waals surface area contributed by atoms with E-state index >= 15 is 0 Å². The van der Waals surface area contributed by atoms with Gasteiger partial charge in [0.05, 0.1) is 33.6 Å². The molecule has 2 aromatic carbocycles. The lowest BCUT2D eigenvalue weighted by Gasteiger charge is -2.14. The molecule has 0 saturated heterocycles. The summed E-state index contributed by atoms with van der Waals surface area (Å²) in [6, 6.07) is 11.6. The zero-order valence-electron chi connectivity index (χ0n) is 10.9. The largest absolute Gasteiger partial charge is 0.312 e. The third kappa shape index (κ3) is 2.19. The van der Waals surface area contributed by atoms with E-state index in [0.29, 0.717) is 11.1 Å². The van der Waals surface area contributed by atoms with Crippen molar-refractivity contribution in [2.75, 3.05) is 4.90 Å². The van der Waals surface area contributed by atoms with Crippen molar-refractivity contribution in [3.05, 3.63) is 59.7 Å². The molecule has 2 amide bonds. The normalized spacial score (nSPS) is 14.3. The first-order chi connectivity index (χ1) is 10.5. The van der Waals surface area contributed by atoms with Gasteiger partial charge < -0.3 is 0 Å². The van der Waals surface area contributed by atoms with Crippen LogP contribution < -0.4 is 4.90 Å². The lowest BCUT2D eigenvalue weighted by molar-refractivity contribution is 0.0926. The van der Waals surface area contributed by atoms with Crippen molar-refractivity contribution >= 4 is 39.5 Å². The summed E-state index contributed by atoms with van der Waals surface area (Å²) in [4.78, 5) is 25.4. The Morgan fingerprint density at radius 1 is 0.864 bits per heavy atom. The van der Waals surface area contributed by atoms with Gasteiger partial charge in [0, 0.05) is 0 Å². The Morgan fingerprint density at radius 2 is 1.36 bits per heavy atom. The maximum absolute atomic E-state index is 12.3. The Balaban J connectivity index is 2.00. The second-order valence-electron chi connectivity index (χ2n) is 4.50. The van der Waals surface area contributed by atoms with E-state index in [-0.39, 0.29) is 10.6 Å². The molecule has 0 aliphatic carbocycles. The predicted octanol–water partition coefficient (Wildman–Crippen LogP) is 2.35. The Hall–Kier alpha value is -2.22. The van der Waals surface area contributed by atoms with Gasteiger partial charge in [-0.1, -0.05) is 12.1 Å². The third-order valence-corrected chi connectivity index (χ3v) is 4.77. The molecule has 0 aromatic heterocycles. The summed E-state index contributed by atoms with van der Waals surface area (Å²) in [5, 5.41) is 0. The molecule has 6 nitrogen and oxygen atoms in total. The fourth-order valence-electron chi connectivity index (χ4n) is 2.22. The van der Waals surface area contributed by atoms with Gasteiger partial charge in [-0.2, -0.15) is 12.2 Å². The molecule has 0 N–H and O–H groups in total. The monoisotopic (exact) mass is 337 g/mol. The average molecular weight is 338 g/mol. The van der Waals surface area contributed by atoms with Crippen LogP contribution in [0.3, 0.4) is 0 Å². The molecular formula is C14H8ClNO5S. The highest BCUT2D eigenvalue weighted by molar-refractivity contribution is 7.87. The molecule has 3 rings (SSSR count). The average Bonchev–Trinajstić information content (AvgIpc) is 2.79. The van der Waals surface area contributed by atoms with Crippen LogP contribution in [-0.4, -0.2) is 20.2 Å². The van der Waals surface area contributed by atoms with Crippen LogP contribution >= 0.6 is 11.9 Å². The minimum atomic E-state index is -4.04.